The molecule has 0 unspecified atom stereocenters. The average molecular weight is 2220 g/mol. The summed E-state index contributed by atoms with van der Waals surface area (Å²) in [5.74, 6) is -1.95. The molecule has 54 heteroatoms. The lowest BCUT2D eigenvalue weighted by molar-refractivity contribution is -0.384. The summed E-state index contributed by atoms with van der Waals surface area (Å²) in [6.45, 7) is 21.0. The van der Waals surface area contributed by atoms with E-state index in [-0.39, 0.29) is 58.6 Å². The van der Waals surface area contributed by atoms with Crippen LogP contribution < -0.4 is 79.9 Å². The van der Waals surface area contributed by atoms with E-state index < -0.39 is 111 Å². The van der Waals surface area contributed by atoms with E-state index in [1.165, 1.54) is 18.2 Å². The molecule has 13 aromatic rings. The number of non-ortho nitro benzene ring substituents is 1. The summed E-state index contributed by atoms with van der Waals surface area (Å²) >= 11 is 9.18. The third kappa shape index (κ3) is 34.5. The predicted molar refractivity (Wildman–Crippen MR) is 546 cm³/mol. The number of hydrazine groups is 2. The van der Waals surface area contributed by atoms with Crippen molar-refractivity contribution in [1.29, 1.82) is 0 Å². The lowest BCUT2D eigenvalue weighted by atomic mass is 10.2. The predicted octanol–water partition coefficient (Wildman–Crippen LogP) is 23.2. The number of hydrogen-bond acceptors (Lipinski definition) is 31. The van der Waals surface area contributed by atoms with Gasteiger partial charge in [0.2, 0.25) is 29.7 Å². The monoisotopic (exact) mass is 2220 g/mol. The molecule has 8 aromatic carbocycles. The first-order valence-electron chi connectivity index (χ1n) is 43.3. The van der Waals surface area contributed by atoms with Crippen LogP contribution in [0.25, 0.3) is 0 Å². The second kappa shape index (κ2) is 47.8. The van der Waals surface area contributed by atoms with Crippen molar-refractivity contribution in [1.82, 2.24) is 64.8 Å². The number of nitrogens with one attached hydrogen (secondary N) is 10. The summed E-state index contributed by atoms with van der Waals surface area (Å²) in [6.07, 6.45) is -19.5. The smallest absolute Gasteiger partial charge is 0.379 e. The quantitative estimate of drug-likeness (QED) is 0.0104. The third-order valence-corrected chi connectivity index (χ3v) is 29.2. The van der Waals surface area contributed by atoms with Crippen LogP contribution in [0.4, 0.5) is 176 Å². The Morgan fingerprint density at radius 1 is 0.329 bits per heavy atom. The molecule has 2 saturated heterocycles. The fraction of sp³-hybridized carbons (Fsp3) is 0.261. The number of rotatable bonds is 26. The largest absolute Gasteiger partial charge is 0.421 e. The molecule has 776 valence electrons. The minimum Gasteiger partial charge on any atom is -0.379 e. The number of piperazine rings is 1. The highest BCUT2D eigenvalue weighted by molar-refractivity contribution is 9.10. The number of morpholine rings is 1. The van der Waals surface area contributed by atoms with E-state index in [0.717, 1.165) is 43.8 Å². The molecule has 0 bridgehead atoms. The Morgan fingerprint density at radius 2 is 0.568 bits per heavy atom. The molecule has 2 fully saturated rings. The van der Waals surface area contributed by atoms with Crippen LogP contribution in [0.5, 0.6) is 0 Å². The minimum atomic E-state index is -4.72. The SMILES string of the molecule is CN1CCN(Nc2nc(Nc3ccc(P(C)(C)=O)cc3)ncc2C(F)(F)F)CC1.CP(C)(=O)c1ccc(Nc2ncc(C(F)(F)F)c(NN3CCOCC3)n2)cc1.CP(C)(=O)c1ccc(Nc2ncc(C(F)(F)F)c(Nc3ccc([N+](=O)[O-])cc3)n2)cc1.CP(C)(=O)c1ccc(Nc2ncc(C(F)(F)F)c(Nc3cccc(Br)c3)n2)cc1.CP(C)(=O)c1ccc(Nc2ncc(C(F)(F)F)c(Nc3cccc(Cl)c3)n2)cc1. The van der Waals surface area contributed by atoms with E-state index in [1.54, 1.807) is 240 Å². The summed E-state index contributed by atoms with van der Waals surface area (Å²) in [5, 5.41) is 40.1. The summed E-state index contributed by atoms with van der Waals surface area (Å²) in [5.41, 5.74) is 4.15. The van der Waals surface area contributed by atoms with Crippen LogP contribution in [0.3, 0.4) is 0 Å². The summed E-state index contributed by atoms with van der Waals surface area (Å²) in [6, 6.07) is 51.6. The van der Waals surface area contributed by atoms with Gasteiger partial charge in [-0.25, -0.2) is 34.9 Å². The normalized spacial score (nSPS) is 13.6. The van der Waals surface area contributed by atoms with Crippen LogP contribution in [0.15, 0.2) is 230 Å². The fourth-order valence-electron chi connectivity index (χ4n) is 13.0. The minimum absolute atomic E-state index is 0.000531. The van der Waals surface area contributed by atoms with Gasteiger partial charge in [-0.05, 0) is 244 Å². The molecule has 32 nitrogen and oxygen atoms in total. The van der Waals surface area contributed by atoms with Crippen molar-refractivity contribution < 1.29 is 98.3 Å². The summed E-state index contributed by atoms with van der Waals surface area (Å²) in [7, 11) is -10.0. The van der Waals surface area contributed by atoms with Gasteiger partial charge in [0.15, 0.2) is 11.6 Å². The van der Waals surface area contributed by atoms with Gasteiger partial charge in [0, 0.05) is 164 Å². The topological polar surface area (TPSA) is 397 Å². The molecule has 2 aliphatic rings. The van der Waals surface area contributed by atoms with Crippen LogP contribution in [0.1, 0.15) is 27.8 Å². The molecule has 15 rings (SSSR count). The highest BCUT2D eigenvalue weighted by atomic mass is 79.9. The lowest BCUT2D eigenvalue weighted by Gasteiger charge is -2.33. The molecule has 10 N–H and O–H groups in total. The molecule has 7 heterocycles. The number of halogens is 17. The van der Waals surface area contributed by atoms with E-state index in [2.05, 4.69) is 124 Å². The number of hydrogen-bond donors (Lipinski definition) is 10. The van der Waals surface area contributed by atoms with Gasteiger partial charge in [-0.15, -0.1) is 0 Å². The maximum absolute atomic E-state index is 13.4. The first-order chi connectivity index (χ1) is 68.1. The van der Waals surface area contributed by atoms with Crippen LogP contribution in [-0.4, -0.2) is 196 Å². The fourth-order valence-corrected chi connectivity index (χ4v) is 17.9. The van der Waals surface area contributed by atoms with Crippen molar-refractivity contribution in [2.45, 2.75) is 30.9 Å². The van der Waals surface area contributed by atoms with Crippen molar-refractivity contribution in [2.75, 3.05) is 180 Å². The Kier molecular flexibility index (Phi) is 37.2. The molecule has 0 aliphatic carbocycles. The van der Waals surface area contributed by atoms with Gasteiger partial charge >= 0.3 is 30.9 Å². The van der Waals surface area contributed by atoms with Crippen molar-refractivity contribution in [3.8, 4) is 0 Å². The zero-order chi connectivity index (χ0) is 107. The highest BCUT2D eigenvalue weighted by Gasteiger charge is 2.41. The first kappa shape index (κ1) is 114. The Labute approximate surface area is 841 Å². The van der Waals surface area contributed by atoms with E-state index in [0.29, 0.717) is 128 Å². The second-order valence-electron chi connectivity index (χ2n) is 34.2. The van der Waals surface area contributed by atoms with Crippen LogP contribution >= 0.6 is 63.2 Å². The van der Waals surface area contributed by atoms with Crippen molar-refractivity contribution >= 4 is 200 Å². The Balaban J connectivity index is 0.000000174. The third-order valence-electron chi connectivity index (χ3n) is 20.8. The van der Waals surface area contributed by atoms with Gasteiger partial charge in [0.05, 0.1) is 18.1 Å². The molecule has 2 aliphatic heterocycles. The lowest BCUT2D eigenvalue weighted by Crippen LogP contribution is -2.47. The number of likely N-dealkylation sites (N-methyl/N-ethyl adjacent to an activating group) is 1. The van der Waals surface area contributed by atoms with E-state index in [4.69, 9.17) is 16.3 Å². The van der Waals surface area contributed by atoms with E-state index in [1.807, 2.05) is 7.05 Å². The number of nitro groups is 1. The molecule has 0 spiro atoms. The van der Waals surface area contributed by atoms with E-state index in [9.17, 15) is 98.8 Å². The molecular formula is C92H96BrClF15N24O8P5. The second-order valence-corrected chi connectivity index (χ2v) is 51.6. The summed E-state index contributed by atoms with van der Waals surface area (Å²) in [4.78, 5) is 51.1. The van der Waals surface area contributed by atoms with Gasteiger partial charge in [-0.3, -0.25) is 10.1 Å². The molecule has 0 radical (unpaired) electrons. The van der Waals surface area contributed by atoms with Gasteiger partial charge in [0.25, 0.3) is 5.69 Å². The number of nitro benzene ring substituents is 1. The van der Waals surface area contributed by atoms with Crippen LogP contribution in [0.2, 0.25) is 5.02 Å². The van der Waals surface area contributed by atoms with Crippen molar-refractivity contribution in [2.24, 2.45) is 0 Å². The van der Waals surface area contributed by atoms with Crippen LogP contribution in [-0.2, 0) is 58.4 Å². The first-order valence-corrected chi connectivity index (χ1v) is 57.5. The Bertz CT molecular complexity index is 6780. The molecule has 5 aromatic heterocycles. The van der Waals surface area contributed by atoms with Gasteiger partial charge in [-0.2, -0.15) is 90.8 Å². The molecule has 0 amide bonds. The van der Waals surface area contributed by atoms with Gasteiger partial charge in [0.1, 0.15) is 81.0 Å². The number of benzene rings is 8. The number of alkyl halides is 15. The average Bonchev–Trinajstić information content (AvgIpc) is 0.808. The molecule has 0 atom stereocenters. The Morgan fingerprint density at radius 3 is 0.829 bits per heavy atom. The molecular weight excluding hydrogens is 2120 g/mol. The van der Waals surface area contributed by atoms with Crippen LogP contribution in [0, 0.1) is 10.1 Å². The maximum Gasteiger partial charge on any atom is 0.421 e. The standard InChI is InChI=1S/C19H17BrF3N4OP.C19H17ClF3N4OP.C19H17F3N5O3P.C18H24F3N6OP.C17H21F3N5O2P/c2*1-29(2,28)15-8-6-13(7-9-15)26-18-24-11-16(19(21,22)23)17(27-18)25-14-5-3-4-12(20)10-14;1-31(2,30)15-9-5-13(6-10-15)25-18-23-11-16(19(20,21)22)17(26-18)24-12-3-7-14(8-4-12)27(28)29;1-26-8-10-27(11-9-26)25-16-15(18(19,20)21)12-22-17(24-16)23-13-4-6-14(7-5-13)29(2,3)28;1-28(2,26)13-5-3-12(4-6-13)22-16-21-11-14(17(18,19)20)15(23-16)24-25-7-9-27-10-8-25/h2*3-11H,1-2H3,(H2,24,25,26,27);3-11H,1-2H3,(H2,23,24,25,26);4-7,12H,8-11H2,1-3H3,(H2,22,23,24,25);3-6,11H,7-10H2,1-2H3,(H2,21,22,23,24). The number of ether oxygens (including phenoxy) is 1. The number of nitrogens with zero attached hydrogens (tertiary/aromatic N) is 14. The van der Waals surface area contributed by atoms with Gasteiger partial charge in [-0.1, -0.05) is 39.7 Å². The van der Waals surface area contributed by atoms with Gasteiger partial charge < -0.3 is 85.8 Å². The zero-order valence-electron chi connectivity index (χ0n) is 79.2. The maximum atomic E-state index is 13.4. The molecule has 146 heavy (non-hydrogen) atoms. The Hall–Kier alpha value is -12.7. The zero-order valence-corrected chi connectivity index (χ0v) is 86.0. The molecule has 0 saturated carbocycles. The number of aromatic nitrogens is 10. The van der Waals surface area contributed by atoms with Crippen molar-refractivity contribution in [3.05, 3.63) is 273 Å². The highest BCUT2D eigenvalue weighted by Crippen LogP contribution is 2.45. The van der Waals surface area contributed by atoms with E-state index >= 15 is 0 Å². The van der Waals surface area contributed by atoms with Crippen molar-refractivity contribution in [3.63, 3.8) is 0 Å². The summed E-state index contributed by atoms with van der Waals surface area (Å²) < 4.78 is 267. The number of anilines is 18.